The molecule has 0 aliphatic rings. The minimum Gasteiger partial charge on any atom is -0.446 e. The molecule has 0 unspecified atom stereocenters. The number of rotatable bonds is 3. The van der Waals surface area contributed by atoms with E-state index in [0.717, 1.165) is 11.3 Å². The van der Waals surface area contributed by atoms with Gasteiger partial charge in [-0.1, -0.05) is 30.3 Å². The van der Waals surface area contributed by atoms with Gasteiger partial charge in [0, 0.05) is 17.8 Å². The second kappa shape index (κ2) is 5.42. The lowest BCUT2D eigenvalue weighted by atomic mass is 10.0. The molecule has 5 N–H and O–H groups in total. The van der Waals surface area contributed by atoms with Gasteiger partial charge in [-0.25, -0.2) is 0 Å². The van der Waals surface area contributed by atoms with Gasteiger partial charge in [0.25, 0.3) is 0 Å². The molecule has 0 saturated heterocycles. The van der Waals surface area contributed by atoms with Gasteiger partial charge in [-0.3, -0.25) is 0 Å². The zero-order chi connectivity index (χ0) is 16.7. The van der Waals surface area contributed by atoms with Gasteiger partial charge in [0.2, 0.25) is 11.7 Å². The Bertz CT molecular complexity index is 1050. The summed E-state index contributed by atoms with van der Waals surface area (Å²) in [6, 6.07) is 12.5. The number of nitrogens with two attached hydrogens (primary N) is 2. The van der Waals surface area contributed by atoms with Crippen LogP contribution in [0.4, 0.5) is 17.5 Å². The number of nitrogen functional groups attached to an aromatic ring is 2. The second-order valence-corrected chi connectivity index (χ2v) is 5.72. The van der Waals surface area contributed by atoms with Crippen molar-refractivity contribution in [3.8, 4) is 0 Å². The van der Waals surface area contributed by atoms with Gasteiger partial charge < -0.3 is 21.2 Å². The van der Waals surface area contributed by atoms with Gasteiger partial charge >= 0.3 is 0 Å². The molecule has 2 aromatic heterocycles. The quantitative estimate of drug-likeness (QED) is 0.534. The molecule has 120 valence electrons. The van der Waals surface area contributed by atoms with E-state index in [1.807, 2.05) is 12.1 Å². The Morgan fingerprint density at radius 1 is 1.08 bits per heavy atom. The molecule has 4 aromatic rings. The largest absolute Gasteiger partial charge is 0.446 e. The van der Waals surface area contributed by atoms with Gasteiger partial charge in [0.15, 0.2) is 0 Å². The number of furan rings is 1. The van der Waals surface area contributed by atoms with Crippen LogP contribution in [0.25, 0.3) is 21.9 Å². The lowest BCUT2D eigenvalue weighted by Gasteiger charge is -2.11. The number of nitrogens with zero attached hydrogens (tertiary/aromatic N) is 2. The minimum atomic E-state index is 0.110. The molecule has 2 aromatic carbocycles. The summed E-state index contributed by atoms with van der Waals surface area (Å²) in [5.41, 5.74) is 15.1. The highest BCUT2D eigenvalue weighted by molar-refractivity contribution is 5.91. The summed E-state index contributed by atoms with van der Waals surface area (Å²) in [6.45, 7) is 2.67. The van der Waals surface area contributed by atoms with Crippen molar-refractivity contribution in [2.24, 2.45) is 0 Å². The highest BCUT2D eigenvalue weighted by atomic mass is 16.3. The van der Waals surface area contributed by atoms with Crippen molar-refractivity contribution in [2.45, 2.75) is 13.5 Å². The summed E-state index contributed by atoms with van der Waals surface area (Å²) < 4.78 is 5.45. The van der Waals surface area contributed by atoms with E-state index in [1.165, 1.54) is 16.3 Å². The minimum absolute atomic E-state index is 0.110. The van der Waals surface area contributed by atoms with E-state index in [4.69, 9.17) is 15.9 Å². The first-order chi connectivity index (χ1) is 11.6. The SMILES string of the molecule is Cc1c(NCc2coc3nc(N)nc(N)c23)ccc2ccccc12. The average molecular weight is 319 g/mol. The van der Waals surface area contributed by atoms with Crippen molar-refractivity contribution in [3.63, 3.8) is 0 Å². The van der Waals surface area contributed by atoms with Crippen LogP contribution in [0.3, 0.4) is 0 Å². The van der Waals surface area contributed by atoms with E-state index in [2.05, 4.69) is 46.5 Å². The smallest absolute Gasteiger partial charge is 0.233 e. The third kappa shape index (κ3) is 2.28. The number of hydrogen-bond donors (Lipinski definition) is 3. The van der Waals surface area contributed by atoms with E-state index in [1.54, 1.807) is 6.26 Å². The van der Waals surface area contributed by atoms with Gasteiger partial charge in [-0.05, 0) is 29.3 Å². The fraction of sp³-hybridized carbons (Fsp3) is 0.111. The van der Waals surface area contributed by atoms with E-state index in [0.29, 0.717) is 23.5 Å². The highest BCUT2D eigenvalue weighted by Gasteiger charge is 2.13. The molecule has 0 fully saturated rings. The highest BCUT2D eigenvalue weighted by Crippen LogP contribution is 2.28. The lowest BCUT2D eigenvalue weighted by Crippen LogP contribution is -2.03. The Labute approximate surface area is 138 Å². The number of aryl methyl sites for hydroxylation is 1. The van der Waals surface area contributed by atoms with Crippen LogP contribution in [-0.4, -0.2) is 9.97 Å². The third-order valence-corrected chi connectivity index (χ3v) is 4.22. The molecule has 0 radical (unpaired) electrons. The summed E-state index contributed by atoms with van der Waals surface area (Å²) in [5.74, 6) is 0.442. The van der Waals surface area contributed by atoms with Gasteiger partial charge in [-0.2, -0.15) is 9.97 Å². The number of nitrogens with one attached hydrogen (secondary N) is 1. The van der Waals surface area contributed by atoms with Gasteiger partial charge in [0.1, 0.15) is 5.82 Å². The summed E-state index contributed by atoms with van der Waals surface area (Å²) in [6.07, 6.45) is 1.64. The van der Waals surface area contributed by atoms with Crippen molar-refractivity contribution < 1.29 is 4.42 Å². The Hall–Kier alpha value is -3.28. The van der Waals surface area contributed by atoms with Crippen molar-refractivity contribution in [3.05, 3.63) is 53.8 Å². The fourth-order valence-corrected chi connectivity index (χ4v) is 2.99. The molecule has 4 rings (SSSR count). The topological polar surface area (TPSA) is 103 Å². The molecule has 6 heteroatoms. The number of fused-ring (bicyclic) bond motifs is 2. The standard InChI is InChI=1S/C18H17N5O/c1-10-13-5-3-2-4-11(13)6-7-14(10)21-8-12-9-24-17-15(12)16(19)22-18(20)23-17/h2-7,9,21H,8H2,1H3,(H4,19,20,22,23). The van der Waals surface area contributed by atoms with Crippen molar-refractivity contribution in [1.29, 1.82) is 0 Å². The fourth-order valence-electron chi connectivity index (χ4n) is 2.99. The average Bonchev–Trinajstić information content (AvgIpc) is 2.97. The van der Waals surface area contributed by atoms with Crippen LogP contribution in [-0.2, 0) is 6.54 Å². The van der Waals surface area contributed by atoms with Crippen molar-refractivity contribution in [1.82, 2.24) is 9.97 Å². The second-order valence-electron chi connectivity index (χ2n) is 5.72. The first-order valence-corrected chi connectivity index (χ1v) is 7.65. The molecule has 0 aliphatic heterocycles. The lowest BCUT2D eigenvalue weighted by molar-refractivity contribution is 0.599. The predicted molar refractivity (Wildman–Crippen MR) is 96.6 cm³/mol. The van der Waals surface area contributed by atoms with Crippen LogP contribution >= 0.6 is 0 Å². The first-order valence-electron chi connectivity index (χ1n) is 7.65. The van der Waals surface area contributed by atoms with E-state index < -0.39 is 0 Å². The Morgan fingerprint density at radius 2 is 1.92 bits per heavy atom. The predicted octanol–water partition coefficient (Wildman–Crippen LogP) is 3.46. The van der Waals surface area contributed by atoms with E-state index >= 15 is 0 Å². The molecular weight excluding hydrogens is 302 g/mol. The summed E-state index contributed by atoms with van der Waals surface area (Å²) in [5, 5.41) is 6.60. The Balaban J connectivity index is 1.67. The molecule has 2 heterocycles. The van der Waals surface area contributed by atoms with E-state index in [-0.39, 0.29) is 5.95 Å². The maximum atomic E-state index is 5.96. The molecule has 0 atom stereocenters. The molecule has 0 bridgehead atoms. The summed E-state index contributed by atoms with van der Waals surface area (Å²) in [4.78, 5) is 8.07. The maximum absolute atomic E-state index is 5.96. The zero-order valence-corrected chi connectivity index (χ0v) is 13.2. The summed E-state index contributed by atoms with van der Waals surface area (Å²) in [7, 11) is 0. The molecule has 0 spiro atoms. The molecule has 0 aliphatic carbocycles. The van der Waals surface area contributed by atoms with Crippen molar-refractivity contribution >= 4 is 39.3 Å². The van der Waals surface area contributed by atoms with Crippen LogP contribution < -0.4 is 16.8 Å². The van der Waals surface area contributed by atoms with Crippen LogP contribution in [0.5, 0.6) is 0 Å². The number of anilines is 3. The number of benzene rings is 2. The van der Waals surface area contributed by atoms with E-state index in [9.17, 15) is 0 Å². The number of hydrogen-bond acceptors (Lipinski definition) is 6. The van der Waals surface area contributed by atoms with Gasteiger partial charge in [0.05, 0.1) is 11.6 Å². The molecule has 0 saturated carbocycles. The summed E-state index contributed by atoms with van der Waals surface area (Å²) >= 11 is 0. The van der Waals surface area contributed by atoms with Crippen LogP contribution in [0.15, 0.2) is 47.1 Å². The third-order valence-electron chi connectivity index (χ3n) is 4.22. The molecule has 0 amide bonds. The zero-order valence-electron chi connectivity index (χ0n) is 13.2. The van der Waals surface area contributed by atoms with Crippen LogP contribution in [0, 0.1) is 6.92 Å². The monoisotopic (exact) mass is 319 g/mol. The van der Waals surface area contributed by atoms with Crippen LogP contribution in [0.1, 0.15) is 11.1 Å². The first kappa shape index (κ1) is 14.3. The normalized spacial score (nSPS) is 11.2. The Kier molecular flexibility index (Phi) is 3.23. The Morgan fingerprint density at radius 3 is 2.79 bits per heavy atom. The molecular formula is C18H17N5O. The van der Waals surface area contributed by atoms with Crippen molar-refractivity contribution in [2.75, 3.05) is 16.8 Å². The molecule has 6 nitrogen and oxygen atoms in total. The molecule has 24 heavy (non-hydrogen) atoms. The maximum Gasteiger partial charge on any atom is 0.233 e. The van der Waals surface area contributed by atoms with Crippen LogP contribution in [0.2, 0.25) is 0 Å². The van der Waals surface area contributed by atoms with Gasteiger partial charge in [-0.15, -0.1) is 0 Å². The number of aromatic nitrogens is 2.